The van der Waals surface area contributed by atoms with Crippen molar-refractivity contribution < 1.29 is 8.78 Å². The number of hydrogen-bond acceptors (Lipinski definition) is 2. The van der Waals surface area contributed by atoms with Crippen LogP contribution in [0.4, 0.5) is 14.5 Å². The largest absolute Gasteiger partial charge is 0.278 e. The average molecular weight is 281 g/mol. The number of hydrazone groups is 1. The Labute approximate surface area is 114 Å². The van der Waals surface area contributed by atoms with Crippen LogP contribution in [0.25, 0.3) is 0 Å². The Morgan fingerprint density at radius 2 is 1.84 bits per heavy atom. The Kier molecular flexibility index (Phi) is 4.12. The van der Waals surface area contributed by atoms with Crippen LogP contribution >= 0.6 is 11.6 Å². The van der Waals surface area contributed by atoms with Crippen LogP contribution in [0.1, 0.15) is 11.1 Å². The lowest BCUT2D eigenvalue weighted by molar-refractivity contribution is 0.580. The zero-order valence-electron chi connectivity index (χ0n) is 10.1. The monoisotopic (exact) mass is 280 g/mol. The van der Waals surface area contributed by atoms with E-state index in [1.54, 1.807) is 12.1 Å². The lowest BCUT2D eigenvalue weighted by Gasteiger charge is -2.03. The minimum Gasteiger partial charge on any atom is -0.278 e. The molecule has 0 atom stereocenters. The van der Waals surface area contributed by atoms with E-state index >= 15 is 0 Å². The highest BCUT2D eigenvalue weighted by atomic mass is 35.5. The van der Waals surface area contributed by atoms with E-state index < -0.39 is 11.6 Å². The summed E-state index contributed by atoms with van der Waals surface area (Å²) in [6.07, 6.45) is 1.10. The lowest BCUT2D eigenvalue weighted by atomic mass is 10.2. The summed E-state index contributed by atoms with van der Waals surface area (Å²) in [4.78, 5) is 0. The SMILES string of the molecule is Cc1ccc(N/N=C/c2c(F)cccc2F)cc1Cl. The molecule has 0 saturated carbocycles. The van der Waals surface area contributed by atoms with Gasteiger partial charge in [0.2, 0.25) is 0 Å². The van der Waals surface area contributed by atoms with Crippen LogP contribution in [-0.2, 0) is 0 Å². The minimum absolute atomic E-state index is 0.187. The highest BCUT2D eigenvalue weighted by Gasteiger charge is 2.04. The van der Waals surface area contributed by atoms with Crippen molar-refractivity contribution in [2.75, 3.05) is 5.43 Å². The molecule has 0 bridgehead atoms. The van der Waals surface area contributed by atoms with E-state index in [0.717, 1.165) is 11.8 Å². The fraction of sp³-hybridized carbons (Fsp3) is 0.0714. The first-order chi connectivity index (χ1) is 9.08. The fourth-order valence-corrected chi connectivity index (χ4v) is 1.65. The van der Waals surface area contributed by atoms with Gasteiger partial charge in [0.05, 0.1) is 17.5 Å². The van der Waals surface area contributed by atoms with Crippen molar-refractivity contribution in [3.8, 4) is 0 Å². The molecule has 0 aliphatic carbocycles. The molecule has 2 nitrogen and oxygen atoms in total. The van der Waals surface area contributed by atoms with Gasteiger partial charge in [-0.1, -0.05) is 23.7 Å². The third kappa shape index (κ3) is 3.29. The minimum atomic E-state index is -0.660. The number of hydrogen-bond donors (Lipinski definition) is 1. The second-order valence-corrected chi connectivity index (χ2v) is 4.38. The van der Waals surface area contributed by atoms with Crippen molar-refractivity contribution in [1.29, 1.82) is 0 Å². The average Bonchev–Trinajstić information content (AvgIpc) is 2.37. The van der Waals surface area contributed by atoms with E-state index in [-0.39, 0.29) is 5.56 Å². The molecule has 2 rings (SSSR count). The normalized spacial score (nSPS) is 10.9. The molecule has 1 N–H and O–H groups in total. The number of halogens is 3. The molecule has 0 aliphatic heterocycles. The van der Waals surface area contributed by atoms with Gasteiger partial charge in [0.25, 0.3) is 0 Å². The van der Waals surface area contributed by atoms with E-state index in [2.05, 4.69) is 10.5 Å². The Bertz CT molecular complexity index is 607. The van der Waals surface area contributed by atoms with Crippen LogP contribution in [0.5, 0.6) is 0 Å². The summed E-state index contributed by atoms with van der Waals surface area (Å²) in [6.45, 7) is 1.88. The summed E-state index contributed by atoms with van der Waals surface area (Å²) >= 11 is 5.95. The Hall–Kier alpha value is -1.94. The molecule has 0 saturated heterocycles. The van der Waals surface area contributed by atoms with Crippen LogP contribution in [0, 0.1) is 18.6 Å². The zero-order valence-corrected chi connectivity index (χ0v) is 10.9. The van der Waals surface area contributed by atoms with Gasteiger partial charge >= 0.3 is 0 Å². The van der Waals surface area contributed by atoms with Crippen LogP contribution in [0.3, 0.4) is 0 Å². The second kappa shape index (κ2) is 5.80. The highest BCUT2D eigenvalue weighted by Crippen LogP contribution is 2.19. The summed E-state index contributed by atoms with van der Waals surface area (Å²) in [6, 6.07) is 8.93. The summed E-state index contributed by atoms with van der Waals surface area (Å²) in [7, 11) is 0. The summed E-state index contributed by atoms with van der Waals surface area (Å²) in [5.74, 6) is -1.32. The van der Waals surface area contributed by atoms with E-state index in [4.69, 9.17) is 11.6 Å². The van der Waals surface area contributed by atoms with Crippen LogP contribution in [0.15, 0.2) is 41.5 Å². The number of anilines is 1. The molecule has 98 valence electrons. The Morgan fingerprint density at radius 3 is 2.47 bits per heavy atom. The molecule has 0 unspecified atom stereocenters. The molecule has 0 radical (unpaired) electrons. The van der Waals surface area contributed by atoms with Crippen molar-refractivity contribution in [2.24, 2.45) is 5.10 Å². The van der Waals surface area contributed by atoms with E-state index in [1.807, 2.05) is 13.0 Å². The summed E-state index contributed by atoms with van der Waals surface area (Å²) < 4.78 is 26.6. The Balaban J connectivity index is 2.13. The molecule has 2 aromatic carbocycles. The maximum absolute atomic E-state index is 13.3. The van der Waals surface area contributed by atoms with Gasteiger partial charge < -0.3 is 0 Å². The lowest BCUT2D eigenvalue weighted by Crippen LogP contribution is -1.96. The van der Waals surface area contributed by atoms with Crippen molar-refractivity contribution in [3.63, 3.8) is 0 Å². The van der Waals surface area contributed by atoms with Gasteiger partial charge in [0.1, 0.15) is 11.6 Å². The molecule has 0 amide bonds. The molecule has 5 heteroatoms. The van der Waals surface area contributed by atoms with Crippen molar-refractivity contribution in [3.05, 3.63) is 64.2 Å². The van der Waals surface area contributed by atoms with E-state index in [1.165, 1.54) is 18.2 Å². The molecule has 19 heavy (non-hydrogen) atoms. The van der Waals surface area contributed by atoms with Crippen molar-refractivity contribution in [2.45, 2.75) is 6.92 Å². The predicted molar refractivity (Wildman–Crippen MR) is 73.8 cm³/mol. The number of aryl methyl sites for hydroxylation is 1. The van der Waals surface area contributed by atoms with Gasteiger partial charge in [-0.15, -0.1) is 0 Å². The summed E-state index contributed by atoms with van der Waals surface area (Å²) in [5, 5.41) is 4.39. The first-order valence-corrected chi connectivity index (χ1v) is 5.95. The van der Waals surface area contributed by atoms with Crippen molar-refractivity contribution >= 4 is 23.5 Å². The van der Waals surface area contributed by atoms with Crippen LogP contribution < -0.4 is 5.43 Å². The molecule has 0 fully saturated rings. The first-order valence-electron chi connectivity index (χ1n) is 5.57. The molecule has 0 spiro atoms. The third-order valence-electron chi connectivity index (χ3n) is 2.56. The maximum Gasteiger partial charge on any atom is 0.134 e. The fourth-order valence-electron chi connectivity index (χ4n) is 1.47. The van der Waals surface area contributed by atoms with E-state index in [9.17, 15) is 8.78 Å². The van der Waals surface area contributed by atoms with Crippen LogP contribution in [-0.4, -0.2) is 6.21 Å². The topological polar surface area (TPSA) is 24.4 Å². The molecule has 0 aliphatic rings. The molecule has 2 aromatic rings. The van der Waals surface area contributed by atoms with Gasteiger partial charge in [-0.05, 0) is 36.8 Å². The number of rotatable bonds is 3. The van der Waals surface area contributed by atoms with Crippen LogP contribution in [0.2, 0.25) is 5.02 Å². The smallest absolute Gasteiger partial charge is 0.134 e. The standard InChI is InChI=1S/C14H11ClF2N2/c1-9-5-6-10(7-12(9)15)19-18-8-11-13(16)3-2-4-14(11)17/h2-8,19H,1H3/b18-8+. The quantitative estimate of drug-likeness (QED) is 0.655. The number of nitrogens with one attached hydrogen (secondary N) is 1. The molecular weight excluding hydrogens is 270 g/mol. The maximum atomic E-state index is 13.3. The first kappa shape index (κ1) is 13.5. The second-order valence-electron chi connectivity index (χ2n) is 3.97. The van der Waals surface area contributed by atoms with Gasteiger partial charge in [0, 0.05) is 5.02 Å². The van der Waals surface area contributed by atoms with Gasteiger partial charge in [-0.2, -0.15) is 5.10 Å². The zero-order chi connectivity index (χ0) is 13.8. The van der Waals surface area contributed by atoms with Gasteiger partial charge in [-0.3, -0.25) is 5.43 Å². The summed E-state index contributed by atoms with van der Waals surface area (Å²) in [5.41, 5.74) is 4.06. The Morgan fingerprint density at radius 1 is 1.16 bits per heavy atom. The third-order valence-corrected chi connectivity index (χ3v) is 2.97. The van der Waals surface area contributed by atoms with E-state index in [0.29, 0.717) is 10.7 Å². The van der Waals surface area contributed by atoms with Gasteiger partial charge in [-0.25, -0.2) is 8.78 Å². The highest BCUT2D eigenvalue weighted by molar-refractivity contribution is 6.31. The van der Waals surface area contributed by atoms with Crippen molar-refractivity contribution in [1.82, 2.24) is 0 Å². The number of nitrogens with zero attached hydrogens (tertiary/aromatic N) is 1. The molecule has 0 heterocycles. The molecule has 0 aromatic heterocycles. The predicted octanol–water partition coefficient (Wildman–Crippen LogP) is 4.37. The molecular formula is C14H11ClF2N2. The number of benzene rings is 2. The van der Waals surface area contributed by atoms with Gasteiger partial charge in [0.15, 0.2) is 0 Å².